The lowest BCUT2D eigenvalue weighted by Crippen LogP contribution is -2.30. The van der Waals surface area contributed by atoms with E-state index in [0.29, 0.717) is 5.70 Å². The average Bonchev–Trinajstić information content (AvgIpc) is 2.90. The van der Waals surface area contributed by atoms with Crippen molar-refractivity contribution in [3.05, 3.63) is 89.6 Å². The molecule has 1 aliphatic rings. The number of nitrogens with one attached hydrogen (secondary N) is 1. The molecule has 1 aliphatic heterocycles. The Labute approximate surface area is 145 Å². The molecule has 1 N–H and O–H groups in total. The van der Waals surface area contributed by atoms with Gasteiger partial charge in [-0.25, -0.2) is 4.79 Å². The number of urea groups is 1. The average molecular weight is 328 g/mol. The summed E-state index contributed by atoms with van der Waals surface area (Å²) in [7, 11) is 0. The van der Waals surface area contributed by atoms with Crippen molar-refractivity contribution in [3.8, 4) is 0 Å². The number of fused-ring (bicyclic) bond motifs is 1. The minimum absolute atomic E-state index is 0.262. The van der Waals surface area contributed by atoms with Crippen LogP contribution in [-0.4, -0.2) is 16.8 Å². The summed E-state index contributed by atoms with van der Waals surface area (Å²) in [5, 5.41) is 4.82. The van der Waals surface area contributed by atoms with Crippen molar-refractivity contribution in [1.29, 1.82) is 0 Å². The van der Waals surface area contributed by atoms with Gasteiger partial charge in [0.25, 0.3) is 5.91 Å². The van der Waals surface area contributed by atoms with Gasteiger partial charge in [0.15, 0.2) is 0 Å². The Balaban J connectivity index is 1.66. The second-order valence-corrected chi connectivity index (χ2v) is 5.93. The summed E-state index contributed by atoms with van der Waals surface area (Å²) < 4.78 is 0. The van der Waals surface area contributed by atoms with Crippen molar-refractivity contribution >= 4 is 28.8 Å². The molecular weight excluding hydrogens is 312 g/mol. The van der Waals surface area contributed by atoms with Gasteiger partial charge in [0.2, 0.25) is 0 Å². The zero-order chi connectivity index (χ0) is 17.2. The second kappa shape index (κ2) is 6.24. The van der Waals surface area contributed by atoms with Gasteiger partial charge in [-0.05, 0) is 28.0 Å². The molecule has 4 rings (SSSR count). The molecule has 3 amide bonds. The molecular formula is C21H16N2O2. The SMILES string of the molecule is O=C1N/C(=C/c2cccc3ccccc23)C(=O)N1Cc1ccccc1. The molecule has 25 heavy (non-hydrogen) atoms. The third-order valence-corrected chi connectivity index (χ3v) is 4.27. The summed E-state index contributed by atoms with van der Waals surface area (Å²) in [5.74, 6) is -0.304. The zero-order valence-electron chi connectivity index (χ0n) is 13.5. The van der Waals surface area contributed by atoms with Gasteiger partial charge >= 0.3 is 6.03 Å². The lowest BCUT2D eigenvalue weighted by molar-refractivity contribution is -0.123. The number of hydrogen-bond acceptors (Lipinski definition) is 2. The highest BCUT2D eigenvalue weighted by atomic mass is 16.2. The maximum absolute atomic E-state index is 12.6. The molecule has 4 heteroatoms. The van der Waals surface area contributed by atoms with Crippen molar-refractivity contribution in [2.45, 2.75) is 6.54 Å². The van der Waals surface area contributed by atoms with E-state index in [4.69, 9.17) is 0 Å². The Bertz CT molecular complexity index is 988. The fourth-order valence-corrected chi connectivity index (χ4v) is 3.01. The van der Waals surface area contributed by atoms with Crippen LogP contribution < -0.4 is 5.32 Å². The molecule has 0 atom stereocenters. The predicted molar refractivity (Wildman–Crippen MR) is 97.4 cm³/mol. The minimum atomic E-state index is -0.389. The van der Waals surface area contributed by atoms with Gasteiger partial charge in [-0.1, -0.05) is 72.8 Å². The van der Waals surface area contributed by atoms with Crippen LogP contribution in [0.3, 0.4) is 0 Å². The van der Waals surface area contributed by atoms with E-state index in [-0.39, 0.29) is 18.5 Å². The van der Waals surface area contributed by atoms with E-state index in [2.05, 4.69) is 5.32 Å². The Morgan fingerprint density at radius 1 is 0.840 bits per heavy atom. The lowest BCUT2D eigenvalue weighted by atomic mass is 10.0. The van der Waals surface area contributed by atoms with Crippen LogP contribution in [0.15, 0.2) is 78.5 Å². The number of imide groups is 1. The number of carbonyl (C=O) groups excluding carboxylic acids is 2. The topological polar surface area (TPSA) is 49.4 Å². The first kappa shape index (κ1) is 15.1. The van der Waals surface area contributed by atoms with Crippen molar-refractivity contribution < 1.29 is 9.59 Å². The summed E-state index contributed by atoms with van der Waals surface area (Å²) in [6, 6.07) is 23.0. The zero-order valence-corrected chi connectivity index (χ0v) is 13.5. The first-order chi connectivity index (χ1) is 12.2. The first-order valence-corrected chi connectivity index (χ1v) is 8.08. The van der Waals surface area contributed by atoms with Crippen LogP contribution in [0.25, 0.3) is 16.8 Å². The Morgan fingerprint density at radius 2 is 1.56 bits per heavy atom. The quantitative estimate of drug-likeness (QED) is 0.585. The molecule has 3 aromatic rings. The van der Waals surface area contributed by atoms with Gasteiger partial charge in [-0.15, -0.1) is 0 Å². The Kier molecular flexibility index (Phi) is 3.78. The van der Waals surface area contributed by atoms with Crippen molar-refractivity contribution in [1.82, 2.24) is 10.2 Å². The van der Waals surface area contributed by atoms with Gasteiger partial charge in [0.05, 0.1) is 6.54 Å². The molecule has 3 aromatic carbocycles. The molecule has 122 valence electrons. The predicted octanol–water partition coefficient (Wildman–Crippen LogP) is 3.93. The third kappa shape index (κ3) is 2.90. The second-order valence-electron chi connectivity index (χ2n) is 5.93. The molecule has 0 aromatic heterocycles. The molecule has 0 saturated carbocycles. The fourth-order valence-electron chi connectivity index (χ4n) is 3.01. The monoisotopic (exact) mass is 328 g/mol. The van der Waals surface area contributed by atoms with E-state index in [1.54, 1.807) is 6.08 Å². The van der Waals surface area contributed by atoms with Crippen LogP contribution in [-0.2, 0) is 11.3 Å². The number of benzene rings is 3. The van der Waals surface area contributed by atoms with E-state index >= 15 is 0 Å². The van der Waals surface area contributed by atoms with E-state index in [9.17, 15) is 9.59 Å². The third-order valence-electron chi connectivity index (χ3n) is 4.27. The summed E-state index contributed by atoms with van der Waals surface area (Å²) in [6.07, 6.45) is 1.74. The molecule has 0 bridgehead atoms. The van der Waals surface area contributed by atoms with E-state index in [1.807, 2.05) is 72.8 Å². The maximum atomic E-state index is 12.6. The maximum Gasteiger partial charge on any atom is 0.329 e. The number of hydrogen-bond donors (Lipinski definition) is 1. The molecule has 0 spiro atoms. The minimum Gasteiger partial charge on any atom is -0.303 e. The van der Waals surface area contributed by atoms with Gasteiger partial charge < -0.3 is 5.32 Å². The number of nitrogens with zero attached hydrogens (tertiary/aromatic N) is 1. The van der Waals surface area contributed by atoms with E-state index < -0.39 is 0 Å². The highest BCUT2D eigenvalue weighted by Gasteiger charge is 2.33. The molecule has 0 radical (unpaired) electrons. The first-order valence-electron chi connectivity index (χ1n) is 8.08. The summed E-state index contributed by atoms with van der Waals surface area (Å²) >= 11 is 0. The summed E-state index contributed by atoms with van der Waals surface area (Å²) in [5.41, 5.74) is 2.12. The van der Waals surface area contributed by atoms with Crippen LogP contribution in [0.5, 0.6) is 0 Å². The van der Waals surface area contributed by atoms with Gasteiger partial charge in [0, 0.05) is 0 Å². The normalized spacial score (nSPS) is 15.8. The van der Waals surface area contributed by atoms with Crippen molar-refractivity contribution in [2.75, 3.05) is 0 Å². The van der Waals surface area contributed by atoms with Crippen LogP contribution in [0, 0.1) is 0 Å². The highest BCUT2D eigenvalue weighted by molar-refractivity contribution is 6.14. The Hall–Kier alpha value is -3.40. The summed E-state index contributed by atoms with van der Waals surface area (Å²) in [4.78, 5) is 26.1. The Morgan fingerprint density at radius 3 is 2.40 bits per heavy atom. The number of carbonyl (C=O) groups is 2. The van der Waals surface area contributed by atoms with Crippen LogP contribution in [0.1, 0.15) is 11.1 Å². The number of amides is 3. The smallest absolute Gasteiger partial charge is 0.303 e. The number of rotatable bonds is 3. The van der Waals surface area contributed by atoms with Crippen LogP contribution in [0.2, 0.25) is 0 Å². The fraction of sp³-hybridized carbons (Fsp3) is 0.0476. The van der Waals surface area contributed by atoms with E-state index in [0.717, 1.165) is 21.9 Å². The molecule has 1 heterocycles. The molecule has 1 fully saturated rings. The molecule has 1 saturated heterocycles. The molecule has 0 aliphatic carbocycles. The summed E-state index contributed by atoms with van der Waals surface area (Å²) in [6.45, 7) is 0.262. The lowest BCUT2D eigenvalue weighted by Gasteiger charge is -2.11. The van der Waals surface area contributed by atoms with Crippen LogP contribution >= 0.6 is 0 Å². The van der Waals surface area contributed by atoms with E-state index in [1.165, 1.54) is 4.90 Å². The van der Waals surface area contributed by atoms with Gasteiger partial charge in [-0.3, -0.25) is 9.69 Å². The van der Waals surface area contributed by atoms with Gasteiger partial charge in [-0.2, -0.15) is 0 Å². The molecule has 0 unspecified atom stereocenters. The highest BCUT2D eigenvalue weighted by Crippen LogP contribution is 2.23. The van der Waals surface area contributed by atoms with Crippen molar-refractivity contribution in [2.24, 2.45) is 0 Å². The molecule has 4 nitrogen and oxygen atoms in total. The standard InChI is InChI=1S/C21H16N2O2/c24-20-19(13-17-11-6-10-16-9-4-5-12-18(16)17)22-21(25)23(20)14-15-7-2-1-3-8-15/h1-13H,14H2,(H,22,25)/b19-13+. The van der Waals surface area contributed by atoms with Crippen LogP contribution in [0.4, 0.5) is 4.79 Å². The van der Waals surface area contributed by atoms with Gasteiger partial charge in [0.1, 0.15) is 5.70 Å². The van der Waals surface area contributed by atoms with Crippen molar-refractivity contribution in [3.63, 3.8) is 0 Å². The largest absolute Gasteiger partial charge is 0.329 e.